The van der Waals surface area contributed by atoms with Crippen LogP contribution >= 0.6 is 11.6 Å². The van der Waals surface area contributed by atoms with Gasteiger partial charge < -0.3 is 10.2 Å². The van der Waals surface area contributed by atoms with E-state index in [1.165, 1.54) is 0 Å². The first-order valence-corrected chi connectivity index (χ1v) is 9.91. The maximum absolute atomic E-state index is 12.5. The molecule has 1 saturated heterocycles. The number of carbonyl (C=O) groups is 2. The molecule has 1 fully saturated rings. The van der Waals surface area contributed by atoms with Gasteiger partial charge in [0.05, 0.1) is 22.3 Å². The predicted octanol–water partition coefficient (Wildman–Crippen LogP) is 3.24. The number of amides is 2. The fourth-order valence-corrected chi connectivity index (χ4v) is 3.74. The molecule has 1 aliphatic heterocycles. The Morgan fingerprint density at radius 3 is 2.66 bits per heavy atom. The number of para-hydroxylation sites is 1. The number of rotatable bonds is 6. The molecule has 2 aromatic carbocycles. The highest BCUT2D eigenvalue weighted by atomic mass is 35.5. The number of nitrogens with one attached hydrogen (secondary N) is 1. The van der Waals surface area contributed by atoms with E-state index < -0.39 is 0 Å². The molecule has 0 bridgehead atoms. The summed E-state index contributed by atoms with van der Waals surface area (Å²) in [5.41, 5.74) is 2.78. The van der Waals surface area contributed by atoms with Crippen molar-refractivity contribution in [2.24, 2.45) is 5.92 Å². The van der Waals surface area contributed by atoms with Crippen LogP contribution in [0.25, 0.3) is 5.69 Å². The summed E-state index contributed by atoms with van der Waals surface area (Å²) >= 11 is 6.19. The number of halogens is 1. The van der Waals surface area contributed by atoms with Gasteiger partial charge in [0, 0.05) is 31.9 Å². The van der Waals surface area contributed by atoms with E-state index in [1.807, 2.05) is 48.7 Å². The maximum atomic E-state index is 12.5. The highest BCUT2D eigenvalue weighted by Gasteiger charge is 2.35. The minimum absolute atomic E-state index is 0.0764. The van der Waals surface area contributed by atoms with Crippen molar-refractivity contribution in [2.45, 2.75) is 12.8 Å². The summed E-state index contributed by atoms with van der Waals surface area (Å²) in [6, 6.07) is 17.1. The van der Waals surface area contributed by atoms with Crippen LogP contribution in [0.3, 0.4) is 0 Å². The third-order valence-corrected chi connectivity index (χ3v) is 5.38. The molecule has 4 rings (SSSR count). The largest absolute Gasteiger partial charge is 0.355 e. The molecule has 3 aromatic rings. The fraction of sp³-hybridized carbons (Fsp3) is 0.227. The minimum Gasteiger partial charge on any atom is -0.355 e. The summed E-state index contributed by atoms with van der Waals surface area (Å²) in [5.74, 6) is -0.533. The fourth-order valence-electron chi connectivity index (χ4n) is 3.50. The monoisotopic (exact) mass is 408 g/mol. The molecule has 1 atom stereocenters. The van der Waals surface area contributed by atoms with Crippen molar-refractivity contribution in [1.29, 1.82) is 0 Å². The van der Waals surface area contributed by atoms with Gasteiger partial charge in [0.1, 0.15) is 0 Å². The van der Waals surface area contributed by atoms with E-state index in [0.717, 1.165) is 17.7 Å². The summed E-state index contributed by atoms with van der Waals surface area (Å²) in [6.07, 6.45) is 4.56. The number of carbonyl (C=O) groups excluding carboxylic acids is 2. The van der Waals surface area contributed by atoms with Crippen molar-refractivity contribution in [2.75, 3.05) is 18.0 Å². The van der Waals surface area contributed by atoms with E-state index in [9.17, 15) is 9.59 Å². The van der Waals surface area contributed by atoms with Gasteiger partial charge in [-0.15, -0.1) is 0 Å². The van der Waals surface area contributed by atoms with Crippen molar-refractivity contribution in [1.82, 2.24) is 15.1 Å². The highest BCUT2D eigenvalue weighted by molar-refractivity contribution is 6.33. The molecule has 1 unspecified atom stereocenters. The Labute approximate surface area is 174 Å². The lowest BCUT2D eigenvalue weighted by atomic mass is 10.1. The van der Waals surface area contributed by atoms with Gasteiger partial charge in [0.15, 0.2) is 0 Å². The van der Waals surface area contributed by atoms with Crippen LogP contribution in [0, 0.1) is 5.92 Å². The number of benzene rings is 2. The number of hydrogen-bond acceptors (Lipinski definition) is 3. The third-order valence-electron chi connectivity index (χ3n) is 5.06. The van der Waals surface area contributed by atoms with E-state index in [0.29, 0.717) is 23.8 Å². The molecule has 0 saturated carbocycles. The smallest absolute Gasteiger partial charge is 0.227 e. The van der Waals surface area contributed by atoms with Gasteiger partial charge >= 0.3 is 0 Å². The molecule has 1 N–H and O–H groups in total. The Balaban J connectivity index is 1.29. The van der Waals surface area contributed by atoms with E-state index in [1.54, 1.807) is 27.9 Å². The van der Waals surface area contributed by atoms with Gasteiger partial charge in [-0.3, -0.25) is 9.59 Å². The summed E-state index contributed by atoms with van der Waals surface area (Å²) in [5, 5.41) is 7.67. The Hall–Kier alpha value is -3.12. The lowest BCUT2D eigenvalue weighted by Crippen LogP contribution is -2.34. The number of hydrogen-bond donors (Lipinski definition) is 1. The molecule has 2 heterocycles. The van der Waals surface area contributed by atoms with Crippen LogP contribution in [-0.2, 0) is 16.0 Å². The van der Waals surface area contributed by atoms with Gasteiger partial charge in [-0.2, -0.15) is 5.10 Å². The molecule has 2 amide bonds. The van der Waals surface area contributed by atoms with Gasteiger partial charge in [0.25, 0.3) is 0 Å². The average Bonchev–Trinajstić information content (AvgIpc) is 3.39. The lowest BCUT2D eigenvalue weighted by molar-refractivity contribution is -0.126. The van der Waals surface area contributed by atoms with Crippen molar-refractivity contribution < 1.29 is 9.59 Å². The molecule has 148 valence electrons. The van der Waals surface area contributed by atoms with Crippen LogP contribution in [-0.4, -0.2) is 34.7 Å². The second-order valence-electron chi connectivity index (χ2n) is 7.01. The Bertz CT molecular complexity index is 1000. The molecule has 6 nitrogen and oxygen atoms in total. The van der Waals surface area contributed by atoms with Gasteiger partial charge in [-0.25, -0.2) is 4.68 Å². The van der Waals surface area contributed by atoms with Crippen molar-refractivity contribution in [3.8, 4) is 5.69 Å². The van der Waals surface area contributed by atoms with E-state index in [4.69, 9.17) is 11.6 Å². The molecule has 1 aliphatic rings. The normalized spacial score (nSPS) is 16.2. The Kier molecular flexibility index (Phi) is 5.62. The van der Waals surface area contributed by atoms with E-state index >= 15 is 0 Å². The molecule has 0 aliphatic carbocycles. The topological polar surface area (TPSA) is 67.2 Å². The number of nitrogens with zero attached hydrogens (tertiary/aromatic N) is 3. The molecule has 0 spiro atoms. The SMILES string of the molecule is O=C(NCCc1ccc(-n2cccn2)cc1)C1CC(=O)N(c2ccccc2Cl)C1. The first kappa shape index (κ1) is 19.2. The average molecular weight is 409 g/mol. The van der Waals surface area contributed by atoms with Crippen LogP contribution in [0.4, 0.5) is 5.69 Å². The molecular weight excluding hydrogens is 388 g/mol. The zero-order valence-corrected chi connectivity index (χ0v) is 16.5. The standard InChI is InChI=1S/C22H21ClN4O2/c23-19-4-1-2-5-20(19)26-15-17(14-21(26)28)22(29)24-12-10-16-6-8-18(9-7-16)27-13-3-11-25-27/h1-9,11,13,17H,10,12,14-15H2,(H,24,29). The number of anilines is 1. The van der Waals surface area contributed by atoms with Gasteiger partial charge in [0.2, 0.25) is 11.8 Å². The quantitative estimate of drug-likeness (QED) is 0.680. The third kappa shape index (κ3) is 4.32. The summed E-state index contributed by atoms with van der Waals surface area (Å²) in [7, 11) is 0. The molecule has 29 heavy (non-hydrogen) atoms. The highest BCUT2D eigenvalue weighted by Crippen LogP contribution is 2.31. The van der Waals surface area contributed by atoms with Gasteiger partial charge in [-0.05, 0) is 42.3 Å². The minimum atomic E-state index is -0.360. The van der Waals surface area contributed by atoms with Crippen molar-refractivity contribution in [3.05, 3.63) is 77.6 Å². The summed E-state index contributed by atoms with van der Waals surface area (Å²) in [4.78, 5) is 26.5. The Morgan fingerprint density at radius 1 is 1.14 bits per heavy atom. The summed E-state index contributed by atoms with van der Waals surface area (Å²) < 4.78 is 1.80. The van der Waals surface area contributed by atoms with Gasteiger partial charge in [-0.1, -0.05) is 35.9 Å². The predicted molar refractivity (Wildman–Crippen MR) is 112 cm³/mol. The Morgan fingerprint density at radius 2 is 1.93 bits per heavy atom. The lowest BCUT2D eigenvalue weighted by Gasteiger charge is -2.18. The first-order chi connectivity index (χ1) is 14.1. The zero-order chi connectivity index (χ0) is 20.2. The molecule has 7 heteroatoms. The first-order valence-electron chi connectivity index (χ1n) is 9.53. The summed E-state index contributed by atoms with van der Waals surface area (Å²) in [6.45, 7) is 0.879. The maximum Gasteiger partial charge on any atom is 0.227 e. The van der Waals surface area contributed by atoms with Crippen LogP contribution in [0.2, 0.25) is 5.02 Å². The van der Waals surface area contributed by atoms with Crippen LogP contribution in [0.1, 0.15) is 12.0 Å². The van der Waals surface area contributed by atoms with E-state index in [2.05, 4.69) is 10.4 Å². The number of aromatic nitrogens is 2. The van der Waals surface area contributed by atoms with Crippen LogP contribution in [0.5, 0.6) is 0 Å². The van der Waals surface area contributed by atoms with E-state index in [-0.39, 0.29) is 24.2 Å². The van der Waals surface area contributed by atoms with Crippen molar-refractivity contribution in [3.63, 3.8) is 0 Å². The molecule has 1 aromatic heterocycles. The van der Waals surface area contributed by atoms with Crippen LogP contribution < -0.4 is 10.2 Å². The van der Waals surface area contributed by atoms with Crippen LogP contribution in [0.15, 0.2) is 67.0 Å². The van der Waals surface area contributed by atoms with Crippen molar-refractivity contribution >= 4 is 29.1 Å². The zero-order valence-electron chi connectivity index (χ0n) is 15.8. The molecular formula is C22H21ClN4O2. The second-order valence-corrected chi connectivity index (χ2v) is 7.42. The second kappa shape index (κ2) is 8.49. The molecule has 0 radical (unpaired) electrons.